The van der Waals surface area contributed by atoms with E-state index in [1.807, 2.05) is 18.5 Å². The maximum absolute atomic E-state index is 10.9. The summed E-state index contributed by atoms with van der Waals surface area (Å²) < 4.78 is 31.7. The van der Waals surface area contributed by atoms with Crippen molar-refractivity contribution in [3.8, 4) is 0 Å². The Hall–Kier alpha value is -3.01. The second-order valence-corrected chi connectivity index (χ2v) is 7.08. The van der Waals surface area contributed by atoms with Crippen molar-refractivity contribution in [3.63, 3.8) is 0 Å². The summed E-state index contributed by atoms with van der Waals surface area (Å²) in [7, 11) is 0. The number of rotatable bonds is 5. The number of nitrogens with zero attached hydrogens (tertiary/aromatic N) is 2. The number of aromatic carboxylic acids is 1. The predicted octanol–water partition coefficient (Wildman–Crippen LogP) is 3.40. The zero-order valence-electron chi connectivity index (χ0n) is 16.1. The number of aliphatic carboxylic acids is 1. The van der Waals surface area contributed by atoms with E-state index in [-0.39, 0.29) is 5.41 Å². The van der Waals surface area contributed by atoms with E-state index in [1.165, 1.54) is 0 Å². The Morgan fingerprint density at radius 3 is 1.97 bits per heavy atom. The van der Waals surface area contributed by atoms with E-state index in [2.05, 4.69) is 36.1 Å². The summed E-state index contributed by atoms with van der Waals surface area (Å²) in [6, 6.07) is 6.92. The summed E-state index contributed by atoms with van der Waals surface area (Å²) in [5.74, 6) is -2.84. The lowest BCUT2D eigenvalue weighted by atomic mass is 9.96. The van der Waals surface area contributed by atoms with Crippen molar-refractivity contribution in [3.05, 3.63) is 59.2 Å². The molecule has 0 aliphatic rings. The number of hydrogen-bond donors (Lipinski definition) is 3. The van der Waals surface area contributed by atoms with Gasteiger partial charge >= 0.3 is 18.1 Å². The van der Waals surface area contributed by atoms with Crippen LogP contribution in [-0.4, -0.2) is 38.3 Å². The minimum atomic E-state index is -5.08. The summed E-state index contributed by atoms with van der Waals surface area (Å²) in [5.41, 5.74) is 2.19. The van der Waals surface area contributed by atoms with Gasteiger partial charge < -0.3 is 15.5 Å². The molecule has 0 aliphatic carbocycles. The molecule has 1 aromatic carbocycles. The predicted molar refractivity (Wildman–Crippen MR) is 98.4 cm³/mol. The summed E-state index contributed by atoms with van der Waals surface area (Å²) in [6.45, 7) is 7.48. The second-order valence-electron chi connectivity index (χ2n) is 7.08. The Morgan fingerprint density at radius 2 is 1.52 bits per heavy atom. The number of nitrogens with one attached hydrogen (secondary N) is 1. The van der Waals surface area contributed by atoms with Crippen molar-refractivity contribution >= 4 is 11.9 Å². The first-order valence-corrected chi connectivity index (χ1v) is 8.45. The van der Waals surface area contributed by atoms with Crippen molar-refractivity contribution in [2.75, 3.05) is 0 Å². The molecule has 0 radical (unpaired) electrons. The molecule has 0 amide bonds. The van der Waals surface area contributed by atoms with Gasteiger partial charge in [-0.05, 0) is 17.7 Å². The average molecular weight is 413 g/mol. The van der Waals surface area contributed by atoms with Crippen LogP contribution in [0.2, 0.25) is 0 Å². The lowest BCUT2D eigenvalue weighted by Gasteiger charge is -2.16. The fourth-order valence-electron chi connectivity index (χ4n) is 2.00. The van der Waals surface area contributed by atoms with E-state index in [4.69, 9.17) is 15.0 Å². The van der Waals surface area contributed by atoms with E-state index in [0.717, 1.165) is 17.0 Å². The quantitative estimate of drug-likeness (QED) is 0.689. The van der Waals surface area contributed by atoms with Gasteiger partial charge in [-0.1, -0.05) is 32.9 Å². The van der Waals surface area contributed by atoms with Crippen LogP contribution in [0.25, 0.3) is 0 Å². The van der Waals surface area contributed by atoms with E-state index < -0.39 is 18.1 Å². The van der Waals surface area contributed by atoms with Crippen LogP contribution in [0.5, 0.6) is 0 Å². The number of hydrogen-bond acceptors (Lipinski definition) is 5. The molecule has 7 nitrogen and oxygen atoms in total. The van der Waals surface area contributed by atoms with Crippen molar-refractivity contribution in [2.24, 2.45) is 0 Å². The maximum atomic E-state index is 10.9. The third-order valence-corrected chi connectivity index (χ3v) is 3.45. The van der Waals surface area contributed by atoms with E-state index >= 15 is 0 Å². The Balaban J connectivity index is 0.000000516. The molecule has 2 aromatic rings. The maximum Gasteiger partial charge on any atom is 0.490 e. The monoisotopic (exact) mass is 413 g/mol. The first-order valence-electron chi connectivity index (χ1n) is 8.45. The Labute approximate surface area is 165 Å². The average Bonchev–Trinajstić information content (AvgIpc) is 2.61. The molecule has 0 bridgehead atoms. The Bertz CT molecular complexity index is 832. The van der Waals surface area contributed by atoms with Gasteiger partial charge in [-0.25, -0.2) is 19.6 Å². The summed E-state index contributed by atoms with van der Waals surface area (Å²) in [5, 5.41) is 19.4. The molecule has 3 N–H and O–H groups in total. The van der Waals surface area contributed by atoms with Crippen molar-refractivity contribution < 1.29 is 33.0 Å². The minimum absolute atomic E-state index is 0.0524. The lowest BCUT2D eigenvalue weighted by molar-refractivity contribution is -0.192. The smallest absolute Gasteiger partial charge is 0.478 e. The molecule has 1 heterocycles. The highest BCUT2D eigenvalue weighted by molar-refractivity contribution is 5.87. The molecule has 0 atom stereocenters. The van der Waals surface area contributed by atoms with Crippen molar-refractivity contribution in [2.45, 2.75) is 45.5 Å². The van der Waals surface area contributed by atoms with Gasteiger partial charge in [0.25, 0.3) is 0 Å². The molecule has 2 rings (SSSR count). The molecule has 1 aromatic heterocycles. The summed E-state index contributed by atoms with van der Waals surface area (Å²) in [4.78, 5) is 28.6. The van der Waals surface area contributed by atoms with Crippen LogP contribution in [0.15, 0.2) is 36.7 Å². The Morgan fingerprint density at radius 1 is 1.00 bits per heavy atom. The lowest BCUT2D eigenvalue weighted by Crippen LogP contribution is -2.21. The number of carbonyl (C=O) groups is 2. The molecule has 0 saturated carbocycles. The van der Waals surface area contributed by atoms with Crippen LogP contribution in [0.4, 0.5) is 13.2 Å². The van der Waals surface area contributed by atoms with Gasteiger partial charge in [0.2, 0.25) is 0 Å². The third-order valence-electron chi connectivity index (χ3n) is 3.45. The highest BCUT2D eigenvalue weighted by Crippen LogP contribution is 2.17. The molecular weight excluding hydrogens is 391 g/mol. The van der Waals surface area contributed by atoms with Gasteiger partial charge in [0.05, 0.1) is 5.56 Å². The minimum Gasteiger partial charge on any atom is -0.478 e. The second kappa shape index (κ2) is 9.97. The summed E-state index contributed by atoms with van der Waals surface area (Å²) >= 11 is 0. The molecule has 0 aliphatic heterocycles. The molecule has 0 spiro atoms. The highest BCUT2D eigenvalue weighted by Gasteiger charge is 2.38. The van der Waals surface area contributed by atoms with Gasteiger partial charge in [-0.15, -0.1) is 0 Å². The molecular formula is C19H22F3N3O4. The number of carboxylic acids is 2. The van der Waals surface area contributed by atoms with Gasteiger partial charge in [0, 0.05) is 36.5 Å². The standard InChI is InChI=1S/C17H21N3O2.C2HF3O2/c1-17(2,3)16-19-10-13(11-20-16)9-18-8-12-5-4-6-14(7-12)15(21)22;3-2(4,5)1(6)7/h4-7,10-11,18H,8-9H2,1-3H3,(H,21,22);(H,6,7). The third kappa shape index (κ3) is 8.69. The van der Waals surface area contributed by atoms with Gasteiger partial charge in [-0.3, -0.25) is 0 Å². The van der Waals surface area contributed by atoms with Gasteiger partial charge in [0.1, 0.15) is 5.82 Å². The van der Waals surface area contributed by atoms with Gasteiger partial charge in [-0.2, -0.15) is 13.2 Å². The zero-order chi connectivity index (χ0) is 22.2. The van der Waals surface area contributed by atoms with E-state index in [9.17, 15) is 18.0 Å². The van der Waals surface area contributed by atoms with Crippen LogP contribution in [0.1, 0.15) is 48.1 Å². The fourth-order valence-corrected chi connectivity index (χ4v) is 2.00. The molecule has 158 valence electrons. The first-order chi connectivity index (χ1) is 13.3. The Kier molecular flexibility index (Phi) is 8.26. The van der Waals surface area contributed by atoms with Crippen LogP contribution >= 0.6 is 0 Å². The first kappa shape index (κ1) is 24.0. The topological polar surface area (TPSA) is 112 Å². The fraction of sp³-hybridized carbons (Fsp3) is 0.368. The van der Waals surface area contributed by atoms with E-state index in [1.54, 1.807) is 18.2 Å². The molecule has 10 heteroatoms. The van der Waals surface area contributed by atoms with Gasteiger partial charge in [0.15, 0.2) is 0 Å². The molecule has 0 unspecified atom stereocenters. The van der Waals surface area contributed by atoms with Crippen LogP contribution in [0, 0.1) is 0 Å². The van der Waals surface area contributed by atoms with Crippen molar-refractivity contribution in [1.29, 1.82) is 0 Å². The molecule has 29 heavy (non-hydrogen) atoms. The highest BCUT2D eigenvalue weighted by atomic mass is 19.4. The van der Waals surface area contributed by atoms with Crippen LogP contribution in [-0.2, 0) is 23.3 Å². The molecule has 0 saturated heterocycles. The van der Waals surface area contributed by atoms with Crippen LogP contribution in [0.3, 0.4) is 0 Å². The number of carboxylic acid groups (broad SMARTS) is 2. The van der Waals surface area contributed by atoms with Crippen LogP contribution < -0.4 is 5.32 Å². The molecule has 0 fully saturated rings. The van der Waals surface area contributed by atoms with Crippen molar-refractivity contribution in [1.82, 2.24) is 15.3 Å². The largest absolute Gasteiger partial charge is 0.490 e. The number of halogens is 3. The number of alkyl halides is 3. The SMILES string of the molecule is CC(C)(C)c1ncc(CNCc2cccc(C(=O)O)c2)cn1.O=C(O)C(F)(F)F. The summed E-state index contributed by atoms with van der Waals surface area (Å²) in [6.07, 6.45) is -1.43. The number of benzene rings is 1. The van der Waals surface area contributed by atoms with E-state index in [0.29, 0.717) is 18.7 Å². The number of aromatic nitrogens is 2. The normalized spacial score (nSPS) is 11.4. The zero-order valence-corrected chi connectivity index (χ0v) is 16.1.